The maximum atomic E-state index is 12.4. The molecule has 0 amide bonds. The van der Waals surface area contributed by atoms with Crippen molar-refractivity contribution in [1.29, 1.82) is 0 Å². The van der Waals surface area contributed by atoms with Crippen LogP contribution in [0.15, 0.2) is 12.4 Å². The fraction of sp³-hybridized carbons (Fsp3) is 0.500. The number of carboxylic acid groups (broad SMARTS) is 1. The van der Waals surface area contributed by atoms with Crippen LogP contribution in [0.2, 0.25) is 0 Å². The maximum absolute atomic E-state index is 12.4. The molecule has 1 heterocycles. The molecule has 1 aromatic heterocycles. The summed E-state index contributed by atoms with van der Waals surface area (Å²) in [5, 5.41) is 8.71. The predicted molar refractivity (Wildman–Crippen MR) is 57.6 cm³/mol. The molecule has 0 aliphatic carbocycles. The highest BCUT2D eigenvalue weighted by molar-refractivity contribution is 5.85. The predicted octanol–water partition coefficient (Wildman–Crippen LogP) is 1.95. The van der Waals surface area contributed by atoms with Crippen LogP contribution >= 0.6 is 0 Å². The number of carboxylic acids is 1. The van der Waals surface area contributed by atoms with Gasteiger partial charge in [-0.1, -0.05) is 6.92 Å². The first-order valence-corrected chi connectivity index (χ1v) is 5.20. The van der Waals surface area contributed by atoms with Gasteiger partial charge in [-0.15, -0.1) is 0 Å². The van der Waals surface area contributed by atoms with Crippen LogP contribution in [0.5, 0.6) is 0 Å². The average molecular weight is 263 g/mol. The van der Waals surface area contributed by atoms with E-state index < -0.39 is 18.7 Å². The summed E-state index contributed by atoms with van der Waals surface area (Å²) in [6, 6.07) is 0. The highest BCUT2D eigenvalue weighted by atomic mass is 19.4. The van der Waals surface area contributed by atoms with Gasteiger partial charge in [0.15, 0.2) is 5.69 Å². The lowest BCUT2D eigenvalue weighted by Crippen LogP contribution is -2.35. The first-order chi connectivity index (χ1) is 8.33. The Hall–Kier alpha value is -1.86. The van der Waals surface area contributed by atoms with Crippen molar-refractivity contribution >= 4 is 11.8 Å². The number of rotatable bonds is 5. The van der Waals surface area contributed by atoms with Crippen molar-refractivity contribution in [3.05, 3.63) is 18.1 Å². The summed E-state index contributed by atoms with van der Waals surface area (Å²) in [4.78, 5) is 18.9. The minimum absolute atomic E-state index is 0.0888. The lowest BCUT2D eigenvalue weighted by atomic mass is 10.3. The van der Waals surface area contributed by atoms with Gasteiger partial charge in [-0.3, -0.25) is 4.98 Å². The van der Waals surface area contributed by atoms with Crippen molar-refractivity contribution in [2.75, 3.05) is 18.0 Å². The number of aromatic carboxylic acids is 1. The Morgan fingerprint density at radius 1 is 1.44 bits per heavy atom. The second-order valence-corrected chi connectivity index (χ2v) is 3.60. The molecule has 0 atom stereocenters. The van der Waals surface area contributed by atoms with E-state index in [2.05, 4.69) is 9.97 Å². The number of hydrogen-bond donors (Lipinski definition) is 1. The molecule has 0 fully saturated rings. The summed E-state index contributed by atoms with van der Waals surface area (Å²) in [7, 11) is 0. The summed E-state index contributed by atoms with van der Waals surface area (Å²) in [6.45, 7) is 0.660. The molecule has 100 valence electrons. The lowest BCUT2D eigenvalue weighted by molar-refractivity contribution is -0.119. The molecule has 18 heavy (non-hydrogen) atoms. The van der Waals surface area contributed by atoms with Crippen molar-refractivity contribution in [2.45, 2.75) is 19.5 Å². The molecule has 0 aliphatic rings. The lowest BCUT2D eigenvalue weighted by Gasteiger charge is -2.24. The second kappa shape index (κ2) is 5.65. The summed E-state index contributed by atoms with van der Waals surface area (Å²) in [5.74, 6) is -1.41. The minimum Gasteiger partial charge on any atom is -0.476 e. The highest BCUT2D eigenvalue weighted by Crippen LogP contribution is 2.20. The van der Waals surface area contributed by atoms with Gasteiger partial charge in [-0.05, 0) is 6.42 Å². The molecule has 0 spiro atoms. The molecule has 0 radical (unpaired) electrons. The largest absolute Gasteiger partial charge is 0.476 e. The van der Waals surface area contributed by atoms with E-state index in [4.69, 9.17) is 5.11 Å². The van der Waals surface area contributed by atoms with E-state index in [1.165, 1.54) is 0 Å². The third-order valence-corrected chi connectivity index (χ3v) is 2.03. The molecule has 0 saturated carbocycles. The number of carbonyl (C=O) groups is 1. The van der Waals surface area contributed by atoms with Crippen LogP contribution in [0.1, 0.15) is 23.8 Å². The zero-order valence-corrected chi connectivity index (χ0v) is 9.61. The van der Waals surface area contributed by atoms with Gasteiger partial charge in [0.2, 0.25) is 0 Å². The number of alkyl halides is 3. The van der Waals surface area contributed by atoms with Gasteiger partial charge in [0.1, 0.15) is 12.4 Å². The van der Waals surface area contributed by atoms with Crippen LogP contribution in [-0.2, 0) is 0 Å². The van der Waals surface area contributed by atoms with Gasteiger partial charge in [0.25, 0.3) is 0 Å². The van der Waals surface area contributed by atoms with Crippen molar-refractivity contribution < 1.29 is 23.1 Å². The molecular weight excluding hydrogens is 251 g/mol. The summed E-state index contributed by atoms with van der Waals surface area (Å²) >= 11 is 0. The van der Waals surface area contributed by atoms with Crippen molar-refractivity contribution in [3.63, 3.8) is 0 Å². The molecule has 1 N–H and O–H groups in total. The molecule has 0 saturated heterocycles. The third-order valence-electron chi connectivity index (χ3n) is 2.03. The van der Waals surface area contributed by atoms with Crippen molar-refractivity contribution in [2.24, 2.45) is 0 Å². The van der Waals surface area contributed by atoms with Gasteiger partial charge in [0.05, 0.1) is 12.4 Å². The molecular formula is C10H12F3N3O2. The standard InChI is InChI=1S/C10H12F3N3O2/c1-2-3-16(6-10(11,12)13)8-5-14-4-7(15-8)9(17)18/h4-5H,2-3,6H2,1H3,(H,17,18). The first kappa shape index (κ1) is 14.2. The van der Waals surface area contributed by atoms with E-state index in [9.17, 15) is 18.0 Å². The molecule has 5 nitrogen and oxygen atoms in total. The Morgan fingerprint density at radius 2 is 2.11 bits per heavy atom. The van der Waals surface area contributed by atoms with Crippen LogP contribution < -0.4 is 4.90 Å². The summed E-state index contributed by atoms with van der Waals surface area (Å²) < 4.78 is 37.1. The fourth-order valence-corrected chi connectivity index (χ4v) is 1.37. The summed E-state index contributed by atoms with van der Waals surface area (Å²) in [5.41, 5.74) is -0.379. The molecule has 0 aliphatic heterocycles. The maximum Gasteiger partial charge on any atom is 0.405 e. The molecule has 0 aromatic carbocycles. The number of aromatic nitrogens is 2. The topological polar surface area (TPSA) is 66.3 Å². The molecule has 0 unspecified atom stereocenters. The average Bonchev–Trinajstić information content (AvgIpc) is 2.27. The quantitative estimate of drug-likeness (QED) is 0.879. The molecule has 8 heteroatoms. The Balaban J connectivity index is 2.98. The fourth-order valence-electron chi connectivity index (χ4n) is 1.37. The normalized spacial score (nSPS) is 11.3. The number of halogens is 3. The smallest absolute Gasteiger partial charge is 0.405 e. The van der Waals surface area contributed by atoms with Gasteiger partial charge in [-0.25, -0.2) is 9.78 Å². The van der Waals surface area contributed by atoms with E-state index in [1.807, 2.05) is 0 Å². The zero-order chi connectivity index (χ0) is 13.8. The third kappa shape index (κ3) is 4.19. The monoisotopic (exact) mass is 263 g/mol. The second-order valence-electron chi connectivity index (χ2n) is 3.60. The first-order valence-electron chi connectivity index (χ1n) is 5.20. The van der Waals surface area contributed by atoms with Crippen molar-refractivity contribution in [3.8, 4) is 0 Å². The van der Waals surface area contributed by atoms with Crippen LogP contribution in [-0.4, -0.2) is 40.3 Å². The Morgan fingerprint density at radius 3 is 2.61 bits per heavy atom. The number of hydrogen-bond acceptors (Lipinski definition) is 4. The Kier molecular flexibility index (Phi) is 4.46. The number of anilines is 1. The Labute approximate surface area is 101 Å². The van der Waals surface area contributed by atoms with E-state index >= 15 is 0 Å². The minimum atomic E-state index is -4.38. The van der Waals surface area contributed by atoms with E-state index in [0.717, 1.165) is 17.3 Å². The SMILES string of the molecule is CCCN(CC(F)(F)F)c1cncc(C(=O)O)n1. The van der Waals surface area contributed by atoms with Crippen LogP contribution in [0.4, 0.5) is 19.0 Å². The Bertz CT molecular complexity index is 423. The number of nitrogens with zero attached hydrogens (tertiary/aromatic N) is 3. The van der Waals surface area contributed by atoms with Crippen LogP contribution in [0, 0.1) is 0 Å². The van der Waals surface area contributed by atoms with Crippen LogP contribution in [0.25, 0.3) is 0 Å². The highest BCUT2D eigenvalue weighted by Gasteiger charge is 2.31. The van der Waals surface area contributed by atoms with Crippen LogP contribution in [0.3, 0.4) is 0 Å². The van der Waals surface area contributed by atoms with Gasteiger partial charge >= 0.3 is 12.1 Å². The molecule has 0 bridgehead atoms. The molecule has 1 aromatic rings. The van der Waals surface area contributed by atoms with E-state index in [0.29, 0.717) is 6.42 Å². The molecule has 1 rings (SSSR count). The zero-order valence-electron chi connectivity index (χ0n) is 9.61. The van der Waals surface area contributed by atoms with Gasteiger partial charge < -0.3 is 10.0 Å². The van der Waals surface area contributed by atoms with E-state index in [1.54, 1.807) is 6.92 Å². The van der Waals surface area contributed by atoms with E-state index in [-0.39, 0.29) is 18.1 Å². The van der Waals surface area contributed by atoms with Crippen molar-refractivity contribution in [1.82, 2.24) is 9.97 Å². The van der Waals surface area contributed by atoms with Gasteiger partial charge in [-0.2, -0.15) is 13.2 Å². The van der Waals surface area contributed by atoms with Gasteiger partial charge in [0, 0.05) is 6.54 Å². The summed E-state index contributed by atoms with van der Waals surface area (Å²) in [6.07, 6.45) is -1.79.